The Kier molecular flexibility index (Phi) is 4.79. The molecule has 0 unspecified atom stereocenters. The van der Waals surface area contributed by atoms with Crippen LogP contribution in [0.15, 0.2) is 48.8 Å². The fraction of sp³-hybridized carbons (Fsp3) is 0.263. The smallest absolute Gasteiger partial charge is 0.251 e. The maximum absolute atomic E-state index is 13.2. The van der Waals surface area contributed by atoms with Crippen LogP contribution in [0.1, 0.15) is 37.6 Å². The van der Waals surface area contributed by atoms with Gasteiger partial charge in [-0.25, -0.2) is 9.07 Å². The molecular weight excluding hydrogens is 333 g/mol. The molecule has 0 radical (unpaired) electrons. The summed E-state index contributed by atoms with van der Waals surface area (Å²) in [5.74, 6) is -0.497. The Bertz CT molecular complexity index is 904. The minimum atomic E-state index is -0.321. The molecule has 1 amide bonds. The van der Waals surface area contributed by atoms with Crippen LogP contribution in [0, 0.1) is 5.82 Å². The Hall–Kier alpha value is -3.09. The van der Waals surface area contributed by atoms with Crippen molar-refractivity contribution in [2.45, 2.75) is 32.7 Å². The van der Waals surface area contributed by atoms with Gasteiger partial charge in [-0.2, -0.15) is 0 Å². The minimum Gasteiger partial charge on any atom is -0.347 e. The first-order chi connectivity index (χ1) is 12.4. The maximum Gasteiger partial charge on any atom is 0.251 e. The van der Waals surface area contributed by atoms with Crippen molar-refractivity contribution >= 4 is 5.91 Å². The van der Waals surface area contributed by atoms with E-state index in [2.05, 4.69) is 20.8 Å². The van der Waals surface area contributed by atoms with Crippen LogP contribution < -0.4 is 5.32 Å². The van der Waals surface area contributed by atoms with Gasteiger partial charge in [0.1, 0.15) is 12.1 Å². The summed E-state index contributed by atoms with van der Waals surface area (Å²) in [6, 6.07) is 11.5. The van der Waals surface area contributed by atoms with E-state index in [0.29, 0.717) is 11.3 Å². The van der Waals surface area contributed by atoms with E-state index in [9.17, 15) is 9.18 Å². The van der Waals surface area contributed by atoms with Gasteiger partial charge in [0.05, 0.1) is 5.69 Å². The number of halogens is 1. The molecule has 2 aromatic carbocycles. The summed E-state index contributed by atoms with van der Waals surface area (Å²) in [5.41, 5.74) is 2.38. The Balaban J connectivity index is 2.06. The summed E-state index contributed by atoms with van der Waals surface area (Å²) >= 11 is 0. The highest BCUT2D eigenvalue weighted by molar-refractivity contribution is 5.96. The summed E-state index contributed by atoms with van der Waals surface area (Å²) < 4.78 is 14.7. The fourth-order valence-electron chi connectivity index (χ4n) is 2.43. The zero-order chi connectivity index (χ0) is 18.7. The molecule has 0 fully saturated rings. The van der Waals surface area contributed by atoms with Crippen molar-refractivity contribution in [3.8, 4) is 16.8 Å². The van der Waals surface area contributed by atoms with Gasteiger partial charge in [0.25, 0.3) is 5.91 Å². The highest BCUT2D eigenvalue weighted by Gasteiger charge is 2.20. The number of tetrazole rings is 1. The number of amides is 1. The summed E-state index contributed by atoms with van der Waals surface area (Å²) in [4.78, 5) is 12.7. The van der Waals surface area contributed by atoms with Crippen LogP contribution in [0.4, 0.5) is 4.39 Å². The number of carbonyl (C=O) groups is 1. The van der Waals surface area contributed by atoms with E-state index in [1.807, 2.05) is 26.8 Å². The largest absolute Gasteiger partial charge is 0.347 e. The topological polar surface area (TPSA) is 72.7 Å². The summed E-state index contributed by atoms with van der Waals surface area (Å²) in [6.07, 6.45) is 2.26. The van der Waals surface area contributed by atoms with Gasteiger partial charge in [-0.15, -0.1) is 5.10 Å². The molecule has 0 spiro atoms. The van der Waals surface area contributed by atoms with Crippen molar-refractivity contribution < 1.29 is 9.18 Å². The Morgan fingerprint density at radius 3 is 2.50 bits per heavy atom. The lowest BCUT2D eigenvalue weighted by Gasteiger charge is -2.24. The average Bonchev–Trinajstić information content (AvgIpc) is 3.16. The van der Waals surface area contributed by atoms with E-state index < -0.39 is 0 Å². The molecular formula is C19H20FN5O. The van der Waals surface area contributed by atoms with Crippen molar-refractivity contribution in [3.05, 3.63) is 60.2 Å². The van der Waals surface area contributed by atoms with E-state index in [-0.39, 0.29) is 17.3 Å². The lowest BCUT2D eigenvalue weighted by atomic mass is 9.99. The van der Waals surface area contributed by atoms with E-state index in [1.54, 1.807) is 24.3 Å². The number of hydrogen-bond acceptors (Lipinski definition) is 4. The molecule has 0 bridgehead atoms. The van der Waals surface area contributed by atoms with Gasteiger partial charge in [-0.05, 0) is 72.2 Å². The van der Waals surface area contributed by atoms with Crippen LogP contribution in [0.3, 0.4) is 0 Å². The molecule has 6 nitrogen and oxygen atoms in total. The van der Waals surface area contributed by atoms with Crippen molar-refractivity contribution in [3.63, 3.8) is 0 Å². The molecule has 1 heterocycles. The third-order valence-corrected chi connectivity index (χ3v) is 4.31. The van der Waals surface area contributed by atoms with Crippen LogP contribution >= 0.6 is 0 Å². The first kappa shape index (κ1) is 17.7. The molecule has 0 aliphatic carbocycles. The molecule has 1 aromatic heterocycles. The molecule has 3 aromatic rings. The zero-order valence-corrected chi connectivity index (χ0v) is 14.9. The Labute approximate surface area is 151 Å². The molecule has 7 heteroatoms. The minimum absolute atomic E-state index is 0.185. The molecule has 0 aliphatic rings. The number of aromatic nitrogens is 4. The molecule has 0 saturated carbocycles. The summed E-state index contributed by atoms with van der Waals surface area (Å²) in [5, 5.41) is 14.2. The molecule has 3 rings (SSSR count). The fourth-order valence-corrected chi connectivity index (χ4v) is 2.43. The molecule has 0 atom stereocenters. The highest BCUT2D eigenvalue weighted by atomic mass is 19.1. The molecule has 0 saturated heterocycles. The number of nitrogens with one attached hydrogen (secondary N) is 1. The predicted octanol–water partition coefficient (Wildman–Crippen LogP) is 3.39. The van der Waals surface area contributed by atoms with Crippen LogP contribution in [0.2, 0.25) is 0 Å². The number of carbonyl (C=O) groups excluding carboxylic acids is 1. The molecule has 134 valence electrons. The number of hydrogen-bond donors (Lipinski definition) is 1. The van der Waals surface area contributed by atoms with Crippen LogP contribution in [-0.2, 0) is 0 Å². The van der Waals surface area contributed by atoms with Gasteiger partial charge in [0.2, 0.25) is 0 Å². The number of nitrogens with zero attached hydrogens (tertiary/aromatic N) is 4. The maximum atomic E-state index is 13.2. The Morgan fingerprint density at radius 1 is 1.15 bits per heavy atom. The van der Waals surface area contributed by atoms with Gasteiger partial charge in [-0.3, -0.25) is 4.79 Å². The second kappa shape index (κ2) is 7.03. The van der Waals surface area contributed by atoms with Gasteiger partial charge in [-0.1, -0.05) is 19.1 Å². The van der Waals surface area contributed by atoms with Crippen molar-refractivity contribution in [2.75, 3.05) is 0 Å². The summed E-state index contributed by atoms with van der Waals surface area (Å²) in [7, 11) is 0. The molecule has 0 aliphatic heterocycles. The van der Waals surface area contributed by atoms with Crippen molar-refractivity contribution in [2.24, 2.45) is 0 Å². The van der Waals surface area contributed by atoms with Crippen molar-refractivity contribution in [1.82, 2.24) is 25.5 Å². The quantitative estimate of drug-likeness (QED) is 0.763. The van der Waals surface area contributed by atoms with Gasteiger partial charge < -0.3 is 5.32 Å². The standard InChI is InChI=1S/C19H20FN5O/c1-4-19(2,3)22-18(26)15-9-14(13-5-7-16(20)8-6-13)10-17(11-15)25-12-21-23-24-25/h5-12H,4H2,1-3H3,(H,22,26). The normalized spacial score (nSPS) is 11.4. The van der Waals surface area contributed by atoms with Gasteiger partial charge in [0, 0.05) is 11.1 Å². The predicted molar refractivity (Wildman–Crippen MR) is 96.4 cm³/mol. The second-order valence-corrected chi connectivity index (χ2v) is 6.72. The number of benzene rings is 2. The first-order valence-electron chi connectivity index (χ1n) is 8.35. The zero-order valence-electron chi connectivity index (χ0n) is 14.9. The Morgan fingerprint density at radius 2 is 1.88 bits per heavy atom. The first-order valence-corrected chi connectivity index (χ1v) is 8.35. The van der Waals surface area contributed by atoms with Crippen molar-refractivity contribution in [1.29, 1.82) is 0 Å². The summed E-state index contributed by atoms with van der Waals surface area (Å²) in [6.45, 7) is 5.95. The van der Waals surface area contributed by atoms with Crippen LogP contribution in [0.25, 0.3) is 16.8 Å². The van der Waals surface area contributed by atoms with E-state index in [1.165, 1.54) is 23.1 Å². The van der Waals surface area contributed by atoms with E-state index >= 15 is 0 Å². The third-order valence-electron chi connectivity index (χ3n) is 4.31. The molecule has 1 N–H and O–H groups in total. The SMILES string of the molecule is CCC(C)(C)NC(=O)c1cc(-c2ccc(F)cc2)cc(-n2cnnn2)c1. The average molecular weight is 353 g/mol. The lowest BCUT2D eigenvalue weighted by Crippen LogP contribution is -2.42. The van der Waals surface area contributed by atoms with Gasteiger partial charge >= 0.3 is 0 Å². The monoisotopic (exact) mass is 353 g/mol. The van der Waals surface area contributed by atoms with Crippen LogP contribution in [-0.4, -0.2) is 31.7 Å². The second-order valence-electron chi connectivity index (χ2n) is 6.72. The van der Waals surface area contributed by atoms with E-state index in [0.717, 1.165) is 17.5 Å². The van der Waals surface area contributed by atoms with E-state index in [4.69, 9.17) is 0 Å². The number of rotatable bonds is 5. The van der Waals surface area contributed by atoms with Crippen LogP contribution in [0.5, 0.6) is 0 Å². The highest BCUT2D eigenvalue weighted by Crippen LogP contribution is 2.25. The molecule has 26 heavy (non-hydrogen) atoms. The van der Waals surface area contributed by atoms with Gasteiger partial charge in [0.15, 0.2) is 0 Å². The lowest BCUT2D eigenvalue weighted by molar-refractivity contribution is 0.0911. The third kappa shape index (κ3) is 3.93.